The fraction of sp³-hybridized carbons (Fsp3) is 0.500. The summed E-state index contributed by atoms with van der Waals surface area (Å²) in [6.07, 6.45) is 7.39. The minimum atomic E-state index is -0.163. The molecule has 1 aromatic heterocycles. The molecule has 2 aromatic rings. The van der Waals surface area contributed by atoms with Crippen molar-refractivity contribution in [2.75, 3.05) is 0 Å². The minimum Gasteiger partial charge on any atom is -0.331 e. The second-order valence-corrected chi connectivity index (χ2v) is 6.78. The molecule has 1 fully saturated rings. The predicted octanol–water partition coefficient (Wildman–Crippen LogP) is 5.34. The summed E-state index contributed by atoms with van der Waals surface area (Å²) in [5.41, 5.74) is 1.86. The number of H-pyrrole nitrogens is 1. The van der Waals surface area contributed by atoms with Crippen molar-refractivity contribution < 1.29 is 4.39 Å². The van der Waals surface area contributed by atoms with Crippen molar-refractivity contribution in [3.63, 3.8) is 0 Å². The SMILES string of the molecule is Fc1cc2c(cc1I)[nH]c(=S)n2C1CCCCCC1. The van der Waals surface area contributed by atoms with Crippen LogP contribution in [0.5, 0.6) is 0 Å². The lowest BCUT2D eigenvalue weighted by Crippen LogP contribution is -2.08. The van der Waals surface area contributed by atoms with Crippen LogP contribution in [-0.2, 0) is 0 Å². The summed E-state index contributed by atoms with van der Waals surface area (Å²) in [5, 5.41) is 0. The van der Waals surface area contributed by atoms with Crippen molar-refractivity contribution in [3.8, 4) is 0 Å². The summed E-state index contributed by atoms with van der Waals surface area (Å²) >= 11 is 7.46. The number of hydrogen-bond acceptors (Lipinski definition) is 1. The van der Waals surface area contributed by atoms with E-state index in [1.807, 2.05) is 28.7 Å². The summed E-state index contributed by atoms with van der Waals surface area (Å²) in [4.78, 5) is 3.22. The van der Waals surface area contributed by atoms with Gasteiger partial charge in [0.25, 0.3) is 0 Å². The van der Waals surface area contributed by atoms with Gasteiger partial charge in [-0.15, -0.1) is 0 Å². The number of nitrogens with zero attached hydrogens (tertiary/aromatic N) is 1. The van der Waals surface area contributed by atoms with Crippen LogP contribution >= 0.6 is 34.8 Å². The van der Waals surface area contributed by atoms with Gasteiger partial charge in [-0.1, -0.05) is 25.7 Å². The van der Waals surface area contributed by atoms with Gasteiger partial charge in [-0.2, -0.15) is 0 Å². The van der Waals surface area contributed by atoms with Crippen LogP contribution < -0.4 is 0 Å². The molecule has 102 valence electrons. The largest absolute Gasteiger partial charge is 0.331 e. The maximum Gasteiger partial charge on any atom is 0.178 e. The van der Waals surface area contributed by atoms with Gasteiger partial charge in [-0.3, -0.25) is 0 Å². The van der Waals surface area contributed by atoms with E-state index in [1.165, 1.54) is 25.7 Å². The van der Waals surface area contributed by atoms with E-state index in [9.17, 15) is 4.39 Å². The molecule has 0 spiro atoms. The molecule has 1 aromatic carbocycles. The highest BCUT2D eigenvalue weighted by Gasteiger charge is 2.18. The third kappa shape index (κ3) is 2.59. The van der Waals surface area contributed by atoms with E-state index in [2.05, 4.69) is 9.55 Å². The monoisotopic (exact) mass is 390 g/mol. The summed E-state index contributed by atoms with van der Waals surface area (Å²) < 4.78 is 17.3. The number of aromatic nitrogens is 2. The number of fused-ring (bicyclic) bond motifs is 1. The zero-order valence-corrected chi connectivity index (χ0v) is 13.6. The van der Waals surface area contributed by atoms with Crippen LogP contribution in [0.4, 0.5) is 4.39 Å². The quantitative estimate of drug-likeness (QED) is 0.396. The normalized spacial score (nSPS) is 17.8. The average Bonchev–Trinajstić information content (AvgIpc) is 2.57. The standard InChI is InChI=1S/C14H16FIN2S/c15-10-7-13-12(8-11(10)16)17-14(19)18(13)9-5-3-1-2-4-6-9/h7-9H,1-6H2,(H,17,19). The van der Waals surface area contributed by atoms with Gasteiger partial charge in [-0.05, 0) is 53.7 Å². The summed E-state index contributed by atoms with van der Waals surface area (Å²) in [5.74, 6) is -0.163. The first kappa shape index (κ1) is 13.5. The van der Waals surface area contributed by atoms with Gasteiger partial charge in [0.2, 0.25) is 0 Å². The van der Waals surface area contributed by atoms with Gasteiger partial charge in [0.15, 0.2) is 4.77 Å². The maximum absolute atomic E-state index is 13.8. The Balaban J connectivity index is 2.14. The van der Waals surface area contributed by atoms with E-state index >= 15 is 0 Å². The zero-order valence-electron chi connectivity index (χ0n) is 10.6. The third-order valence-electron chi connectivity index (χ3n) is 3.95. The van der Waals surface area contributed by atoms with Crippen LogP contribution in [0, 0.1) is 14.2 Å². The molecule has 0 saturated heterocycles. The van der Waals surface area contributed by atoms with Crippen molar-refractivity contribution in [1.29, 1.82) is 0 Å². The van der Waals surface area contributed by atoms with E-state index in [1.54, 1.807) is 6.07 Å². The van der Waals surface area contributed by atoms with Gasteiger partial charge < -0.3 is 9.55 Å². The lowest BCUT2D eigenvalue weighted by molar-refractivity contribution is 0.449. The molecule has 19 heavy (non-hydrogen) atoms. The van der Waals surface area contributed by atoms with E-state index < -0.39 is 0 Å². The molecular weight excluding hydrogens is 374 g/mol. The molecule has 0 radical (unpaired) electrons. The molecule has 0 unspecified atom stereocenters. The first-order valence-electron chi connectivity index (χ1n) is 6.76. The van der Waals surface area contributed by atoms with Crippen LogP contribution in [0.15, 0.2) is 12.1 Å². The topological polar surface area (TPSA) is 20.7 Å². The van der Waals surface area contributed by atoms with Crippen LogP contribution in [-0.4, -0.2) is 9.55 Å². The Morgan fingerprint density at radius 3 is 2.58 bits per heavy atom. The highest BCUT2D eigenvalue weighted by molar-refractivity contribution is 14.1. The molecule has 1 N–H and O–H groups in total. The molecule has 1 aliphatic carbocycles. The van der Waals surface area contributed by atoms with E-state index in [0.29, 0.717) is 9.61 Å². The minimum absolute atomic E-state index is 0.163. The molecule has 2 nitrogen and oxygen atoms in total. The summed E-state index contributed by atoms with van der Waals surface area (Å²) in [7, 11) is 0. The molecule has 0 amide bonds. The first-order valence-corrected chi connectivity index (χ1v) is 8.25. The first-order chi connectivity index (χ1) is 9.16. The van der Waals surface area contributed by atoms with Gasteiger partial charge in [0, 0.05) is 12.1 Å². The molecule has 3 rings (SSSR count). The van der Waals surface area contributed by atoms with Crippen LogP contribution in [0.2, 0.25) is 0 Å². The van der Waals surface area contributed by atoms with Crippen molar-refractivity contribution in [3.05, 3.63) is 26.3 Å². The Bertz CT molecular complexity index is 653. The lowest BCUT2D eigenvalue weighted by Gasteiger charge is -2.17. The Morgan fingerprint density at radius 2 is 1.89 bits per heavy atom. The summed E-state index contributed by atoms with van der Waals surface area (Å²) in [6, 6.07) is 3.88. The number of imidazole rings is 1. The fourth-order valence-corrected chi connectivity index (χ4v) is 3.82. The molecule has 5 heteroatoms. The second kappa shape index (κ2) is 5.52. The molecule has 0 aliphatic heterocycles. The highest BCUT2D eigenvalue weighted by Crippen LogP contribution is 2.31. The van der Waals surface area contributed by atoms with Gasteiger partial charge in [0.1, 0.15) is 5.82 Å². The number of nitrogens with one attached hydrogen (secondary N) is 1. The van der Waals surface area contributed by atoms with Crippen LogP contribution in [0.3, 0.4) is 0 Å². The fourth-order valence-electron chi connectivity index (χ4n) is 3.00. The Labute approximate surface area is 130 Å². The molecule has 1 saturated carbocycles. The number of aromatic amines is 1. The molecule has 1 aliphatic rings. The van der Waals surface area contributed by atoms with Crippen molar-refractivity contribution in [1.82, 2.24) is 9.55 Å². The maximum atomic E-state index is 13.8. The predicted molar refractivity (Wildman–Crippen MR) is 86.5 cm³/mol. The zero-order chi connectivity index (χ0) is 13.4. The van der Waals surface area contributed by atoms with E-state index in [4.69, 9.17) is 12.2 Å². The van der Waals surface area contributed by atoms with Gasteiger partial charge in [0.05, 0.1) is 14.6 Å². The van der Waals surface area contributed by atoms with Gasteiger partial charge in [-0.25, -0.2) is 4.39 Å². The van der Waals surface area contributed by atoms with Crippen molar-refractivity contribution in [2.24, 2.45) is 0 Å². The smallest absolute Gasteiger partial charge is 0.178 e. The van der Waals surface area contributed by atoms with Crippen molar-refractivity contribution >= 4 is 45.8 Å². The van der Waals surface area contributed by atoms with Crippen molar-refractivity contribution in [2.45, 2.75) is 44.6 Å². The molecule has 0 atom stereocenters. The summed E-state index contributed by atoms with van der Waals surface area (Å²) in [6.45, 7) is 0. The number of benzene rings is 1. The number of halogens is 2. The van der Waals surface area contributed by atoms with Gasteiger partial charge >= 0.3 is 0 Å². The number of rotatable bonds is 1. The third-order valence-corrected chi connectivity index (χ3v) is 5.07. The Hall–Kier alpha value is -0.430. The second-order valence-electron chi connectivity index (χ2n) is 5.23. The van der Waals surface area contributed by atoms with E-state index in [0.717, 1.165) is 28.6 Å². The molecule has 0 bridgehead atoms. The Kier molecular flexibility index (Phi) is 3.93. The van der Waals surface area contributed by atoms with Crippen LogP contribution in [0.1, 0.15) is 44.6 Å². The number of hydrogen-bond donors (Lipinski definition) is 1. The Morgan fingerprint density at radius 1 is 1.21 bits per heavy atom. The molecule has 1 heterocycles. The molecular formula is C14H16FIN2S. The average molecular weight is 390 g/mol. The lowest BCUT2D eigenvalue weighted by atomic mass is 10.1. The van der Waals surface area contributed by atoms with Crippen LogP contribution in [0.25, 0.3) is 11.0 Å². The highest BCUT2D eigenvalue weighted by atomic mass is 127. The van der Waals surface area contributed by atoms with E-state index in [-0.39, 0.29) is 5.82 Å².